The fourth-order valence-corrected chi connectivity index (χ4v) is 3.87. The Bertz CT molecular complexity index is 1200. The number of amides is 1. The van der Waals surface area contributed by atoms with Crippen molar-refractivity contribution in [2.45, 2.75) is 51.9 Å². The second-order valence-electron chi connectivity index (χ2n) is 8.88. The van der Waals surface area contributed by atoms with Crippen molar-refractivity contribution in [3.63, 3.8) is 0 Å². The number of aromatic nitrogens is 3. The van der Waals surface area contributed by atoms with Gasteiger partial charge in [0, 0.05) is 5.69 Å². The van der Waals surface area contributed by atoms with Gasteiger partial charge in [-0.05, 0) is 53.8 Å². The SMILES string of the molecule is CCCCCC(C)(C)c1ccc(OC(=O)Nc2ccccc2)c(-n2nc3ccccc3n2)c1. The Morgan fingerprint density at radius 3 is 2.27 bits per heavy atom. The molecule has 1 heterocycles. The van der Waals surface area contributed by atoms with Crippen molar-refractivity contribution in [3.05, 3.63) is 78.4 Å². The number of rotatable bonds is 8. The zero-order valence-corrected chi connectivity index (χ0v) is 19.4. The van der Waals surface area contributed by atoms with E-state index in [4.69, 9.17) is 4.74 Å². The maximum Gasteiger partial charge on any atom is 0.417 e. The third-order valence-corrected chi connectivity index (χ3v) is 5.87. The Kier molecular flexibility index (Phi) is 6.73. The van der Waals surface area contributed by atoms with Crippen molar-refractivity contribution in [1.29, 1.82) is 0 Å². The van der Waals surface area contributed by atoms with Gasteiger partial charge >= 0.3 is 6.09 Å². The fourth-order valence-electron chi connectivity index (χ4n) is 3.87. The number of fused-ring (bicyclic) bond motifs is 1. The van der Waals surface area contributed by atoms with Crippen molar-refractivity contribution >= 4 is 22.8 Å². The van der Waals surface area contributed by atoms with Gasteiger partial charge in [0.2, 0.25) is 0 Å². The third kappa shape index (κ3) is 5.40. The van der Waals surface area contributed by atoms with Gasteiger partial charge in [-0.3, -0.25) is 5.32 Å². The van der Waals surface area contributed by atoms with Gasteiger partial charge in [-0.1, -0.05) is 76.4 Å². The van der Waals surface area contributed by atoms with Gasteiger partial charge in [0.25, 0.3) is 0 Å². The lowest BCUT2D eigenvalue weighted by Gasteiger charge is -2.26. The average molecular weight is 443 g/mol. The van der Waals surface area contributed by atoms with E-state index in [-0.39, 0.29) is 5.41 Å². The molecule has 6 heteroatoms. The molecule has 0 aliphatic heterocycles. The van der Waals surface area contributed by atoms with Crippen LogP contribution in [0.4, 0.5) is 10.5 Å². The van der Waals surface area contributed by atoms with Crippen LogP contribution in [0.3, 0.4) is 0 Å². The highest BCUT2D eigenvalue weighted by molar-refractivity contribution is 5.86. The summed E-state index contributed by atoms with van der Waals surface area (Å²) in [5.74, 6) is 0.400. The quantitative estimate of drug-likeness (QED) is 0.302. The first-order valence-electron chi connectivity index (χ1n) is 11.5. The molecule has 0 saturated carbocycles. The third-order valence-electron chi connectivity index (χ3n) is 5.87. The first-order chi connectivity index (χ1) is 16.0. The maximum absolute atomic E-state index is 12.6. The Balaban J connectivity index is 1.68. The summed E-state index contributed by atoms with van der Waals surface area (Å²) in [6.45, 7) is 6.71. The monoisotopic (exact) mass is 442 g/mol. The Morgan fingerprint density at radius 1 is 0.939 bits per heavy atom. The minimum absolute atomic E-state index is 0.0265. The Morgan fingerprint density at radius 2 is 1.61 bits per heavy atom. The van der Waals surface area contributed by atoms with Crippen molar-refractivity contribution < 1.29 is 9.53 Å². The lowest BCUT2D eigenvalue weighted by molar-refractivity contribution is 0.215. The minimum Gasteiger partial charge on any atom is -0.408 e. The Hall–Kier alpha value is -3.67. The lowest BCUT2D eigenvalue weighted by atomic mass is 9.80. The van der Waals surface area contributed by atoms with Gasteiger partial charge in [-0.15, -0.1) is 15.0 Å². The fraction of sp³-hybridized carbons (Fsp3) is 0.296. The molecular formula is C27H30N4O2. The summed E-state index contributed by atoms with van der Waals surface area (Å²) in [4.78, 5) is 14.2. The molecule has 0 spiro atoms. The second-order valence-corrected chi connectivity index (χ2v) is 8.88. The number of unbranched alkanes of at least 4 members (excludes halogenated alkanes) is 2. The van der Waals surface area contributed by atoms with Gasteiger partial charge in [0.1, 0.15) is 16.7 Å². The second kappa shape index (κ2) is 9.86. The number of nitrogens with one attached hydrogen (secondary N) is 1. The standard InChI is InChI=1S/C27H30N4O2/c1-4-5-11-18-27(2,3)20-16-17-25(33-26(32)28-21-12-7-6-8-13-21)24(19-20)31-29-22-14-9-10-15-23(22)30-31/h6-10,12-17,19H,4-5,11,18H2,1-3H3,(H,28,32). The molecule has 0 saturated heterocycles. The number of benzene rings is 3. The van der Waals surface area contributed by atoms with E-state index in [1.165, 1.54) is 19.3 Å². The molecule has 4 aromatic rings. The minimum atomic E-state index is -0.561. The summed E-state index contributed by atoms with van der Waals surface area (Å²) >= 11 is 0. The molecule has 1 amide bonds. The van der Waals surface area contributed by atoms with Crippen LogP contribution in [-0.2, 0) is 5.41 Å². The summed E-state index contributed by atoms with van der Waals surface area (Å²) in [7, 11) is 0. The molecule has 0 fully saturated rings. The van der Waals surface area contributed by atoms with Crippen LogP contribution in [0.2, 0.25) is 0 Å². The zero-order valence-electron chi connectivity index (χ0n) is 19.4. The summed E-state index contributed by atoms with van der Waals surface area (Å²) in [6, 6.07) is 22.8. The van der Waals surface area contributed by atoms with E-state index >= 15 is 0 Å². The van der Waals surface area contributed by atoms with E-state index in [0.29, 0.717) is 17.1 Å². The molecule has 0 aliphatic carbocycles. The van der Waals surface area contributed by atoms with E-state index in [9.17, 15) is 4.79 Å². The molecule has 0 atom stereocenters. The van der Waals surface area contributed by atoms with Crippen molar-refractivity contribution in [2.24, 2.45) is 0 Å². The van der Waals surface area contributed by atoms with Crippen LogP contribution < -0.4 is 10.1 Å². The summed E-state index contributed by atoms with van der Waals surface area (Å²) in [5, 5.41) is 12.0. The van der Waals surface area contributed by atoms with E-state index in [1.807, 2.05) is 72.8 Å². The van der Waals surface area contributed by atoms with Gasteiger partial charge in [0.15, 0.2) is 5.75 Å². The zero-order chi connectivity index (χ0) is 23.3. The molecule has 3 aromatic carbocycles. The van der Waals surface area contributed by atoms with Crippen LogP contribution in [0.25, 0.3) is 16.7 Å². The summed E-state index contributed by atoms with van der Waals surface area (Å²) in [6.07, 6.45) is 4.08. The molecule has 0 radical (unpaired) electrons. The molecule has 170 valence electrons. The first kappa shape index (κ1) is 22.5. The number of hydrogen-bond acceptors (Lipinski definition) is 4. The van der Waals surface area contributed by atoms with Crippen molar-refractivity contribution in [1.82, 2.24) is 15.0 Å². The van der Waals surface area contributed by atoms with Gasteiger partial charge in [-0.2, -0.15) is 0 Å². The van der Waals surface area contributed by atoms with E-state index in [1.54, 1.807) is 4.80 Å². The van der Waals surface area contributed by atoms with Gasteiger partial charge in [0.05, 0.1) is 0 Å². The largest absolute Gasteiger partial charge is 0.417 e. The number of nitrogens with zero attached hydrogens (tertiary/aromatic N) is 3. The highest BCUT2D eigenvalue weighted by Gasteiger charge is 2.23. The first-order valence-corrected chi connectivity index (χ1v) is 11.5. The molecule has 0 aliphatic rings. The Labute approximate surface area is 194 Å². The predicted octanol–water partition coefficient (Wildman–Crippen LogP) is 6.89. The maximum atomic E-state index is 12.6. The molecule has 6 nitrogen and oxygen atoms in total. The highest BCUT2D eigenvalue weighted by atomic mass is 16.6. The van der Waals surface area contributed by atoms with E-state index in [0.717, 1.165) is 23.0 Å². The molecule has 0 unspecified atom stereocenters. The van der Waals surface area contributed by atoms with Crippen molar-refractivity contribution in [2.75, 3.05) is 5.32 Å². The van der Waals surface area contributed by atoms with Gasteiger partial charge in [-0.25, -0.2) is 4.79 Å². The van der Waals surface area contributed by atoms with Gasteiger partial charge < -0.3 is 4.74 Å². The smallest absolute Gasteiger partial charge is 0.408 e. The van der Waals surface area contributed by atoms with E-state index in [2.05, 4.69) is 36.3 Å². The topological polar surface area (TPSA) is 69.0 Å². The highest BCUT2D eigenvalue weighted by Crippen LogP contribution is 2.34. The molecule has 1 N–H and O–H groups in total. The number of para-hydroxylation sites is 1. The van der Waals surface area contributed by atoms with Crippen LogP contribution in [0, 0.1) is 0 Å². The number of carbonyl (C=O) groups is 1. The molecule has 1 aromatic heterocycles. The van der Waals surface area contributed by atoms with Crippen molar-refractivity contribution in [3.8, 4) is 11.4 Å². The number of ether oxygens (including phenoxy) is 1. The van der Waals surface area contributed by atoms with Crippen LogP contribution in [0.5, 0.6) is 5.75 Å². The number of anilines is 1. The number of carbonyl (C=O) groups excluding carboxylic acids is 1. The summed E-state index contributed by atoms with van der Waals surface area (Å²) in [5.41, 5.74) is 4.00. The van der Waals surface area contributed by atoms with Crippen LogP contribution >= 0.6 is 0 Å². The lowest BCUT2D eigenvalue weighted by Crippen LogP contribution is -2.20. The van der Waals surface area contributed by atoms with Crippen LogP contribution in [0.15, 0.2) is 72.8 Å². The summed E-state index contributed by atoms with van der Waals surface area (Å²) < 4.78 is 5.72. The average Bonchev–Trinajstić information content (AvgIpc) is 3.24. The molecular weight excluding hydrogens is 412 g/mol. The van der Waals surface area contributed by atoms with E-state index < -0.39 is 6.09 Å². The normalized spacial score (nSPS) is 11.5. The van der Waals surface area contributed by atoms with Crippen LogP contribution in [0.1, 0.15) is 52.0 Å². The molecule has 0 bridgehead atoms. The number of hydrogen-bond donors (Lipinski definition) is 1. The predicted molar refractivity (Wildman–Crippen MR) is 132 cm³/mol. The van der Waals surface area contributed by atoms with Crippen LogP contribution in [-0.4, -0.2) is 21.1 Å². The molecule has 33 heavy (non-hydrogen) atoms. The molecule has 4 rings (SSSR count).